The monoisotopic (exact) mass is 401 g/mol. The molecule has 0 unspecified atom stereocenters. The lowest BCUT2D eigenvalue weighted by atomic mass is 10.1. The second kappa shape index (κ2) is 7.05. The minimum absolute atomic E-state index is 0.0872. The first kappa shape index (κ1) is 18.7. The molecule has 3 aromatic rings. The smallest absolute Gasteiger partial charge is 0.287 e. The van der Waals surface area contributed by atoms with Gasteiger partial charge in [0.05, 0.1) is 10.6 Å². The molecule has 1 amide bonds. The highest BCUT2D eigenvalue weighted by Gasteiger charge is 2.27. The molecule has 0 bridgehead atoms. The van der Waals surface area contributed by atoms with E-state index in [1.165, 1.54) is 18.2 Å². The van der Waals surface area contributed by atoms with Crippen LogP contribution < -0.4 is 5.32 Å². The van der Waals surface area contributed by atoms with Crippen LogP contribution in [-0.2, 0) is 16.3 Å². The van der Waals surface area contributed by atoms with Crippen molar-refractivity contribution in [2.24, 2.45) is 0 Å². The van der Waals surface area contributed by atoms with Gasteiger partial charge in [0.25, 0.3) is 5.91 Å². The number of sulfone groups is 1. The molecule has 0 saturated heterocycles. The lowest BCUT2D eigenvalue weighted by molar-refractivity contribution is 0.0924. The summed E-state index contributed by atoms with van der Waals surface area (Å²) < 4.78 is 44.1. The summed E-state index contributed by atoms with van der Waals surface area (Å²) in [6, 6.07) is 10.6. The summed E-state index contributed by atoms with van der Waals surface area (Å²) in [6.07, 6.45) is 2.24. The van der Waals surface area contributed by atoms with Crippen LogP contribution in [0.2, 0.25) is 0 Å². The molecule has 5 nitrogen and oxygen atoms in total. The van der Waals surface area contributed by atoms with Crippen molar-refractivity contribution in [2.75, 3.05) is 5.75 Å². The maximum atomic E-state index is 13.0. The molecular formula is C21H20FNO4S. The Morgan fingerprint density at radius 3 is 2.57 bits per heavy atom. The molecule has 28 heavy (non-hydrogen) atoms. The number of halogens is 1. The van der Waals surface area contributed by atoms with Crippen molar-refractivity contribution < 1.29 is 22.0 Å². The minimum Gasteiger partial charge on any atom is -0.451 e. The Labute approximate surface area is 162 Å². The van der Waals surface area contributed by atoms with Gasteiger partial charge in [0.2, 0.25) is 0 Å². The number of rotatable bonds is 6. The van der Waals surface area contributed by atoms with Crippen LogP contribution in [0.5, 0.6) is 0 Å². The quantitative estimate of drug-likeness (QED) is 0.682. The van der Waals surface area contributed by atoms with E-state index in [9.17, 15) is 17.6 Å². The molecule has 1 aliphatic carbocycles. The highest BCUT2D eigenvalue weighted by atomic mass is 32.2. The SMILES string of the molecule is Cc1c(C(=O)NC2CC2)oc2ccc(S(=O)(=O)CCc3ccc(F)cc3)cc12. The number of aryl methyl sites for hydroxylation is 2. The number of carbonyl (C=O) groups is 1. The molecule has 1 heterocycles. The fraction of sp³-hybridized carbons (Fsp3) is 0.286. The maximum absolute atomic E-state index is 13.0. The van der Waals surface area contributed by atoms with Crippen LogP contribution in [0.3, 0.4) is 0 Å². The molecule has 1 N–H and O–H groups in total. The largest absolute Gasteiger partial charge is 0.451 e. The Hall–Kier alpha value is -2.67. The molecule has 2 aromatic carbocycles. The average molecular weight is 401 g/mol. The zero-order valence-electron chi connectivity index (χ0n) is 15.4. The lowest BCUT2D eigenvalue weighted by Gasteiger charge is -2.05. The molecule has 0 radical (unpaired) electrons. The highest BCUT2D eigenvalue weighted by molar-refractivity contribution is 7.91. The standard InChI is InChI=1S/C21H20FNO4S/c1-13-18-12-17(28(25,26)11-10-14-2-4-15(22)5-3-14)8-9-19(18)27-20(13)21(24)23-16-6-7-16/h2-5,8-9,12,16H,6-7,10-11H2,1H3,(H,23,24). The number of nitrogens with one attached hydrogen (secondary N) is 1. The van der Waals surface area contributed by atoms with Gasteiger partial charge in [-0.25, -0.2) is 12.8 Å². The molecule has 7 heteroatoms. The van der Waals surface area contributed by atoms with Crippen molar-refractivity contribution in [1.29, 1.82) is 0 Å². The third-order valence-electron chi connectivity index (χ3n) is 4.96. The van der Waals surface area contributed by atoms with E-state index in [0.717, 1.165) is 18.4 Å². The zero-order valence-corrected chi connectivity index (χ0v) is 16.2. The highest BCUT2D eigenvalue weighted by Crippen LogP contribution is 2.29. The summed E-state index contributed by atoms with van der Waals surface area (Å²) in [5.74, 6) is -0.482. The van der Waals surface area contributed by atoms with E-state index in [0.29, 0.717) is 23.0 Å². The van der Waals surface area contributed by atoms with Crippen LogP contribution in [0, 0.1) is 12.7 Å². The van der Waals surface area contributed by atoms with Gasteiger partial charge in [0.1, 0.15) is 11.4 Å². The molecule has 1 fully saturated rings. The first-order valence-corrected chi connectivity index (χ1v) is 10.8. The Kier molecular flexibility index (Phi) is 4.71. The normalized spacial score (nSPS) is 14.4. The van der Waals surface area contributed by atoms with Crippen LogP contribution in [0.4, 0.5) is 4.39 Å². The fourth-order valence-electron chi connectivity index (χ4n) is 3.11. The van der Waals surface area contributed by atoms with Gasteiger partial charge < -0.3 is 9.73 Å². The van der Waals surface area contributed by atoms with Gasteiger partial charge in [-0.05, 0) is 62.1 Å². The van der Waals surface area contributed by atoms with E-state index < -0.39 is 9.84 Å². The molecule has 1 saturated carbocycles. The topological polar surface area (TPSA) is 76.4 Å². The minimum atomic E-state index is -3.53. The van der Waals surface area contributed by atoms with Gasteiger partial charge in [-0.2, -0.15) is 0 Å². The number of benzene rings is 2. The van der Waals surface area contributed by atoms with Crippen LogP contribution in [0.1, 0.15) is 34.5 Å². The van der Waals surface area contributed by atoms with E-state index in [1.807, 2.05) is 0 Å². The zero-order chi connectivity index (χ0) is 19.9. The Morgan fingerprint density at radius 2 is 1.89 bits per heavy atom. The van der Waals surface area contributed by atoms with E-state index in [4.69, 9.17) is 4.42 Å². The van der Waals surface area contributed by atoms with Crippen molar-refractivity contribution in [2.45, 2.75) is 37.1 Å². The summed E-state index contributed by atoms with van der Waals surface area (Å²) in [5, 5.41) is 3.50. The first-order valence-electron chi connectivity index (χ1n) is 9.15. The Morgan fingerprint density at radius 1 is 1.18 bits per heavy atom. The number of fused-ring (bicyclic) bond motifs is 1. The van der Waals surface area contributed by atoms with Gasteiger partial charge >= 0.3 is 0 Å². The van der Waals surface area contributed by atoms with Crippen molar-refractivity contribution in [3.63, 3.8) is 0 Å². The Bertz CT molecular complexity index is 1150. The van der Waals surface area contributed by atoms with E-state index in [2.05, 4.69) is 5.32 Å². The number of hydrogen-bond acceptors (Lipinski definition) is 4. The van der Waals surface area contributed by atoms with Crippen LogP contribution in [-0.4, -0.2) is 26.1 Å². The van der Waals surface area contributed by atoms with Crippen molar-refractivity contribution in [3.8, 4) is 0 Å². The molecule has 0 spiro atoms. The average Bonchev–Trinajstić information content (AvgIpc) is 3.42. The molecule has 4 rings (SSSR count). The fourth-order valence-corrected chi connectivity index (χ4v) is 4.42. The number of carbonyl (C=O) groups excluding carboxylic acids is 1. The van der Waals surface area contributed by atoms with Crippen LogP contribution >= 0.6 is 0 Å². The summed E-state index contributed by atoms with van der Waals surface area (Å²) in [5.41, 5.74) is 1.87. The van der Waals surface area contributed by atoms with Gasteiger partial charge in [-0.15, -0.1) is 0 Å². The number of hydrogen-bond donors (Lipinski definition) is 1. The van der Waals surface area contributed by atoms with Crippen molar-refractivity contribution >= 4 is 26.7 Å². The van der Waals surface area contributed by atoms with Crippen molar-refractivity contribution in [3.05, 3.63) is 65.2 Å². The second-order valence-electron chi connectivity index (χ2n) is 7.16. The third-order valence-corrected chi connectivity index (χ3v) is 6.67. The predicted octanol–water partition coefficient (Wildman–Crippen LogP) is 3.79. The molecule has 0 aliphatic heterocycles. The molecule has 146 valence electrons. The summed E-state index contributed by atoms with van der Waals surface area (Å²) in [6.45, 7) is 1.75. The predicted molar refractivity (Wildman–Crippen MR) is 104 cm³/mol. The summed E-state index contributed by atoms with van der Waals surface area (Å²) in [4.78, 5) is 12.5. The number of amides is 1. The summed E-state index contributed by atoms with van der Waals surface area (Å²) >= 11 is 0. The second-order valence-corrected chi connectivity index (χ2v) is 9.27. The van der Waals surface area contributed by atoms with Crippen LogP contribution in [0.15, 0.2) is 51.8 Å². The molecular weight excluding hydrogens is 381 g/mol. The van der Waals surface area contributed by atoms with Gasteiger partial charge in [0, 0.05) is 17.0 Å². The van der Waals surface area contributed by atoms with E-state index in [1.54, 1.807) is 31.2 Å². The van der Waals surface area contributed by atoms with Gasteiger partial charge in [-0.1, -0.05) is 12.1 Å². The molecule has 0 atom stereocenters. The van der Waals surface area contributed by atoms with E-state index >= 15 is 0 Å². The lowest BCUT2D eigenvalue weighted by Crippen LogP contribution is -2.25. The van der Waals surface area contributed by atoms with Gasteiger partial charge in [-0.3, -0.25) is 4.79 Å². The molecule has 1 aliphatic rings. The van der Waals surface area contributed by atoms with E-state index in [-0.39, 0.29) is 34.2 Å². The van der Waals surface area contributed by atoms with Crippen LogP contribution in [0.25, 0.3) is 11.0 Å². The third kappa shape index (κ3) is 3.80. The summed E-state index contributed by atoms with van der Waals surface area (Å²) in [7, 11) is -3.53. The Balaban J connectivity index is 1.58. The maximum Gasteiger partial charge on any atom is 0.287 e. The van der Waals surface area contributed by atoms with Crippen molar-refractivity contribution in [1.82, 2.24) is 5.32 Å². The number of furan rings is 1. The first-order chi connectivity index (χ1) is 13.3. The molecule has 1 aromatic heterocycles. The van der Waals surface area contributed by atoms with Gasteiger partial charge in [0.15, 0.2) is 15.6 Å².